The summed E-state index contributed by atoms with van der Waals surface area (Å²) in [5.41, 5.74) is 0.983. The van der Waals surface area contributed by atoms with Crippen LogP contribution in [0, 0.1) is 0 Å². The summed E-state index contributed by atoms with van der Waals surface area (Å²) in [4.78, 5) is 11.6. The van der Waals surface area contributed by atoms with E-state index in [9.17, 15) is 4.79 Å². The van der Waals surface area contributed by atoms with Crippen molar-refractivity contribution in [1.82, 2.24) is 14.8 Å². The van der Waals surface area contributed by atoms with Gasteiger partial charge in [-0.2, -0.15) is 0 Å². The average molecular weight is 298 g/mol. The highest BCUT2D eigenvalue weighted by atomic mass is 35.5. The van der Waals surface area contributed by atoms with Crippen LogP contribution in [0.15, 0.2) is 34.2 Å². The maximum atomic E-state index is 11.6. The van der Waals surface area contributed by atoms with Gasteiger partial charge in [0.1, 0.15) is 0 Å². The third kappa shape index (κ3) is 3.88. The van der Waals surface area contributed by atoms with Gasteiger partial charge in [-0.25, -0.2) is 9.89 Å². The number of aromatic nitrogens is 3. The van der Waals surface area contributed by atoms with Gasteiger partial charge in [0.25, 0.3) is 0 Å². The minimum Gasteiger partial charge on any atom is -0.270 e. The number of nitrogens with zero attached hydrogens (tertiary/aromatic N) is 2. The van der Waals surface area contributed by atoms with Crippen molar-refractivity contribution < 1.29 is 0 Å². The lowest BCUT2D eigenvalue weighted by atomic mass is 10.2. The number of benzene rings is 1. The fraction of sp³-hybridized carbons (Fsp3) is 0.385. The Bertz CT molecular complexity index is 594. The molecule has 1 N–H and O–H groups in total. The Morgan fingerprint density at radius 2 is 2.32 bits per heavy atom. The van der Waals surface area contributed by atoms with Crippen molar-refractivity contribution >= 4 is 23.4 Å². The number of hydrogen-bond donors (Lipinski definition) is 1. The predicted octanol–water partition coefficient (Wildman–Crippen LogP) is 3.32. The molecule has 0 aliphatic heterocycles. The zero-order valence-corrected chi connectivity index (χ0v) is 12.3. The Morgan fingerprint density at radius 1 is 1.47 bits per heavy atom. The summed E-state index contributed by atoms with van der Waals surface area (Å²) in [6.07, 6.45) is 2.03. The lowest BCUT2D eigenvalue weighted by Crippen LogP contribution is -2.17. The third-order valence-electron chi connectivity index (χ3n) is 2.72. The zero-order valence-electron chi connectivity index (χ0n) is 10.7. The van der Waals surface area contributed by atoms with E-state index in [-0.39, 0.29) is 5.69 Å². The molecule has 0 saturated heterocycles. The summed E-state index contributed by atoms with van der Waals surface area (Å²) in [6, 6.07) is 7.71. The molecule has 0 aliphatic carbocycles. The molecule has 0 unspecified atom stereocenters. The molecule has 1 heterocycles. The van der Waals surface area contributed by atoms with E-state index in [0.717, 1.165) is 34.3 Å². The van der Waals surface area contributed by atoms with E-state index < -0.39 is 0 Å². The fourth-order valence-electron chi connectivity index (χ4n) is 1.70. The monoisotopic (exact) mass is 297 g/mol. The second-order valence-corrected chi connectivity index (χ2v) is 5.61. The quantitative estimate of drug-likeness (QED) is 0.832. The van der Waals surface area contributed by atoms with Crippen molar-refractivity contribution in [3.8, 4) is 0 Å². The van der Waals surface area contributed by atoms with Crippen molar-refractivity contribution in [2.24, 2.45) is 0 Å². The number of thioether (sulfide) groups is 1. The standard InChI is InChI=1S/C13H16ClN3OS/c1-2-3-7-17-12(18)15-16-13(17)19-9-10-5-4-6-11(14)8-10/h4-6,8H,2-3,7,9H2,1H3,(H,15,18). The minimum absolute atomic E-state index is 0.137. The maximum absolute atomic E-state index is 11.6. The lowest BCUT2D eigenvalue weighted by Gasteiger charge is -2.04. The number of hydrogen-bond acceptors (Lipinski definition) is 3. The van der Waals surface area contributed by atoms with Crippen molar-refractivity contribution in [1.29, 1.82) is 0 Å². The van der Waals surface area contributed by atoms with Crippen LogP contribution in [0.5, 0.6) is 0 Å². The second-order valence-electron chi connectivity index (χ2n) is 4.24. The first-order valence-electron chi connectivity index (χ1n) is 6.23. The molecular weight excluding hydrogens is 282 g/mol. The van der Waals surface area contributed by atoms with E-state index in [0.29, 0.717) is 6.54 Å². The Kier molecular flexibility index (Phi) is 5.10. The van der Waals surface area contributed by atoms with Crippen LogP contribution in [0.1, 0.15) is 25.3 Å². The molecule has 0 aliphatic rings. The van der Waals surface area contributed by atoms with E-state index in [1.54, 1.807) is 16.3 Å². The Hall–Kier alpha value is -1.20. The summed E-state index contributed by atoms with van der Waals surface area (Å²) in [7, 11) is 0. The molecule has 102 valence electrons. The van der Waals surface area contributed by atoms with Gasteiger partial charge in [0.15, 0.2) is 5.16 Å². The molecule has 1 aromatic carbocycles. The lowest BCUT2D eigenvalue weighted by molar-refractivity contribution is 0.573. The van der Waals surface area contributed by atoms with E-state index in [4.69, 9.17) is 11.6 Å². The van der Waals surface area contributed by atoms with Crippen molar-refractivity contribution in [3.63, 3.8) is 0 Å². The van der Waals surface area contributed by atoms with E-state index in [2.05, 4.69) is 17.1 Å². The van der Waals surface area contributed by atoms with Crippen molar-refractivity contribution in [3.05, 3.63) is 45.3 Å². The topological polar surface area (TPSA) is 50.7 Å². The summed E-state index contributed by atoms with van der Waals surface area (Å²) in [5, 5.41) is 8.03. The molecule has 0 saturated carbocycles. The van der Waals surface area contributed by atoms with Crippen LogP contribution in [0.25, 0.3) is 0 Å². The van der Waals surface area contributed by atoms with Gasteiger partial charge in [0.05, 0.1) is 0 Å². The highest BCUT2D eigenvalue weighted by Gasteiger charge is 2.08. The van der Waals surface area contributed by atoms with Gasteiger partial charge in [0.2, 0.25) is 0 Å². The summed E-state index contributed by atoms with van der Waals surface area (Å²) in [6.45, 7) is 2.81. The molecule has 0 fully saturated rings. The Labute approximate surface area is 121 Å². The smallest absolute Gasteiger partial charge is 0.270 e. The van der Waals surface area contributed by atoms with Crippen LogP contribution >= 0.6 is 23.4 Å². The summed E-state index contributed by atoms with van der Waals surface area (Å²) < 4.78 is 1.69. The minimum atomic E-state index is -0.137. The SMILES string of the molecule is CCCCn1c(SCc2cccc(Cl)c2)n[nH]c1=O. The maximum Gasteiger partial charge on any atom is 0.343 e. The van der Waals surface area contributed by atoms with Crippen LogP contribution in [0.4, 0.5) is 0 Å². The molecule has 2 aromatic rings. The normalized spacial score (nSPS) is 10.8. The van der Waals surface area contributed by atoms with Crippen LogP contribution in [-0.4, -0.2) is 14.8 Å². The molecule has 19 heavy (non-hydrogen) atoms. The van der Waals surface area contributed by atoms with Crippen LogP contribution in [0.2, 0.25) is 5.02 Å². The van der Waals surface area contributed by atoms with Crippen molar-refractivity contribution in [2.75, 3.05) is 0 Å². The summed E-state index contributed by atoms with van der Waals surface area (Å²) >= 11 is 7.49. The average Bonchev–Trinajstić information content (AvgIpc) is 2.75. The number of rotatable bonds is 6. The molecule has 0 radical (unpaired) electrons. The van der Waals surface area contributed by atoms with E-state index >= 15 is 0 Å². The van der Waals surface area contributed by atoms with Gasteiger partial charge in [-0.1, -0.05) is 48.8 Å². The fourth-order valence-corrected chi connectivity index (χ4v) is 2.83. The summed E-state index contributed by atoms with van der Waals surface area (Å²) in [5.74, 6) is 0.747. The molecule has 0 bridgehead atoms. The Morgan fingerprint density at radius 3 is 3.05 bits per heavy atom. The predicted molar refractivity (Wildman–Crippen MR) is 78.8 cm³/mol. The molecule has 0 atom stereocenters. The largest absolute Gasteiger partial charge is 0.343 e. The molecular formula is C13H16ClN3OS. The highest BCUT2D eigenvalue weighted by molar-refractivity contribution is 7.98. The molecule has 6 heteroatoms. The highest BCUT2D eigenvalue weighted by Crippen LogP contribution is 2.21. The van der Waals surface area contributed by atoms with Crippen LogP contribution in [0.3, 0.4) is 0 Å². The third-order valence-corrected chi connectivity index (χ3v) is 4.00. The van der Waals surface area contributed by atoms with Gasteiger partial charge in [0, 0.05) is 17.3 Å². The van der Waals surface area contributed by atoms with Gasteiger partial charge in [-0.15, -0.1) is 5.10 Å². The number of halogens is 1. The van der Waals surface area contributed by atoms with E-state index in [1.807, 2.05) is 24.3 Å². The van der Waals surface area contributed by atoms with Crippen LogP contribution < -0.4 is 5.69 Å². The number of unbranched alkanes of at least 4 members (excludes halogenated alkanes) is 1. The van der Waals surface area contributed by atoms with Gasteiger partial charge in [-0.05, 0) is 24.1 Å². The number of H-pyrrole nitrogens is 1. The van der Waals surface area contributed by atoms with Crippen LogP contribution in [-0.2, 0) is 12.3 Å². The van der Waals surface area contributed by atoms with Gasteiger partial charge >= 0.3 is 5.69 Å². The number of nitrogens with one attached hydrogen (secondary N) is 1. The molecule has 0 amide bonds. The molecule has 4 nitrogen and oxygen atoms in total. The first-order valence-corrected chi connectivity index (χ1v) is 7.59. The molecule has 2 rings (SSSR count). The van der Waals surface area contributed by atoms with Gasteiger partial charge < -0.3 is 0 Å². The molecule has 0 spiro atoms. The second kappa shape index (κ2) is 6.82. The van der Waals surface area contributed by atoms with Gasteiger partial charge in [-0.3, -0.25) is 4.57 Å². The molecule has 1 aromatic heterocycles. The van der Waals surface area contributed by atoms with Crippen molar-refractivity contribution in [2.45, 2.75) is 37.2 Å². The number of aromatic amines is 1. The van der Waals surface area contributed by atoms with E-state index in [1.165, 1.54) is 0 Å². The zero-order chi connectivity index (χ0) is 13.7. The first-order chi connectivity index (χ1) is 9.20. The Balaban J connectivity index is 2.05. The first kappa shape index (κ1) is 14.2.